The molecule has 1 nitrogen and oxygen atoms in total. The molecule has 0 aromatic heterocycles. The number of ether oxygens (including phenoxy) is 1. The molecule has 3 fully saturated rings. The van der Waals surface area contributed by atoms with Crippen LogP contribution in [0.1, 0.15) is 70.6 Å². The molecule has 146 valence electrons. The summed E-state index contributed by atoms with van der Waals surface area (Å²) >= 11 is 5.60. The number of halogens is 5. The number of alkyl halides is 5. The highest BCUT2D eigenvalue weighted by Crippen LogP contribution is 2.45. The number of hydrogen-bond acceptors (Lipinski definition) is 1. The number of hydrogen-bond donors (Lipinski definition) is 0. The van der Waals surface area contributed by atoms with E-state index in [0.717, 1.165) is 12.8 Å². The van der Waals surface area contributed by atoms with Crippen LogP contribution in [-0.2, 0) is 4.74 Å². The van der Waals surface area contributed by atoms with Crippen LogP contribution in [0.3, 0.4) is 0 Å². The Morgan fingerprint density at radius 2 is 1.28 bits per heavy atom. The third-order valence-electron chi connectivity index (χ3n) is 6.55. The van der Waals surface area contributed by atoms with Crippen LogP contribution in [0.25, 0.3) is 0 Å². The molecular weight excluding hydrogens is 356 g/mol. The van der Waals surface area contributed by atoms with Crippen molar-refractivity contribution in [1.82, 2.24) is 0 Å². The van der Waals surface area contributed by atoms with E-state index in [9.17, 15) is 17.6 Å². The van der Waals surface area contributed by atoms with E-state index in [2.05, 4.69) is 0 Å². The van der Waals surface area contributed by atoms with Gasteiger partial charge in [-0.1, -0.05) is 32.1 Å². The van der Waals surface area contributed by atoms with E-state index in [1.165, 1.54) is 32.1 Å². The molecule has 0 saturated heterocycles. The zero-order chi connectivity index (χ0) is 18.0. The van der Waals surface area contributed by atoms with Crippen molar-refractivity contribution >= 4 is 11.6 Å². The molecule has 2 unspecified atom stereocenters. The van der Waals surface area contributed by atoms with Gasteiger partial charge in [-0.05, 0) is 37.5 Å². The van der Waals surface area contributed by atoms with E-state index in [4.69, 9.17) is 16.3 Å². The molecule has 2 atom stereocenters. The van der Waals surface area contributed by atoms with Crippen molar-refractivity contribution in [3.63, 3.8) is 0 Å². The van der Waals surface area contributed by atoms with Crippen LogP contribution in [0, 0.1) is 17.8 Å². The summed E-state index contributed by atoms with van der Waals surface area (Å²) in [5, 5.41) is -1.25. The highest BCUT2D eigenvalue weighted by atomic mass is 35.5. The lowest BCUT2D eigenvalue weighted by molar-refractivity contribution is -0.304. The third-order valence-corrected chi connectivity index (χ3v) is 7.10. The normalized spacial score (nSPS) is 41.6. The van der Waals surface area contributed by atoms with Gasteiger partial charge in [0.15, 0.2) is 0 Å². The molecule has 0 N–H and O–H groups in total. The molecule has 0 bridgehead atoms. The summed E-state index contributed by atoms with van der Waals surface area (Å²) in [6.07, 6.45) is 0.669. The fourth-order valence-corrected chi connectivity index (χ4v) is 5.24. The molecular formula is C19H29ClF4O. The van der Waals surface area contributed by atoms with E-state index in [0.29, 0.717) is 24.7 Å². The second-order valence-corrected chi connectivity index (χ2v) is 8.76. The highest BCUT2D eigenvalue weighted by Gasteiger charge is 2.48. The zero-order valence-corrected chi connectivity index (χ0v) is 15.4. The first-order valence-corrected chi connectivity index (χ1v) is 10.3. The fourth-order valence-electron chi connectivity index (χ4n) is 5.03. The Bertz CT molecular complexity index is 410. The lowest BCUT2D eigenvalue weighted by Crippen LogP contribution is -2.45. The third kappa shape index (κ3) is 4.82. The van der Waals surface area contributed by atoms with Gasteiger partial charge in [-0.3, -0.25) is 0 Å². The Morgan fingerprint density at radius 1 is 0.760 bits per heavy atom. The minimum absolute atomic E-state index is 0.248. The first-order valence-electron chi connectivity index (χ1n) is 9.84. The van der Waals surface area contributed by atoms with E-state index in [1.54, 1.807) is 0 Å². The average Bonchev–Trinajstić information content (AvgIpc) is 2.60. The van der Waals surface area contributed by atoms with Crippen molar-refractivity contribution in [2.45, 2.75) is 101 Å². The Hall–Kier alpha value is -0.0300. The maximum Gasteiger partial charge on any atom is 0.358 e. The monoisotopic (exact) mass is 384 g/mol. The van der Waals surface area contributed by atoms with Gasteiger partial charge in [-0.25, -0.2) is 8.78 Å². The van der Waals surface area contributed by atoms with Gasteiger partial charge in [0.25, 0.3) is 0 Å². The molecule has 0 aliphatic heterocycles. The minimum atomic E-state index is -3.30. The van der Waals surface area contributed by atoms with Gasteiger partial charge in [0, 0.05) is 12.8 Å². The molecule has 6 heteroatoms. The molecule has 0 aromatic rings. The molecule has 0 aromatic carbocycles. The molecule has 0 radical (unpaired) electrons. The average molecular weight is 385 g/mol. The van der Waals surface area contributed by atoms with Crippen molar-refractivity contribution < 1.29 is 22.3 Å². The van der Waals surface area contributed by atoms with Crippen molar-refractivity contribution in [2.75, 3.05) is 0 Å². The lowest BCUT2D eigenvalue weighted by Gasteiger charge is -2.40. The molecule has 3 aliphatic rings. The van der Waals surface area contributed by atoms with E-state index >= 15 is 0 Å². The van der Waals surface area contributed by atoms with Crippen LogP contribution in [0.5, 0.6) is 0 Å². The predicted octanol–water partition coefficient (Wildman–Crippen LogP) is 6.43. The zero-order valence-electron chi connectivity index (χ0n) is 14.6. The summed E-state index contributed by atoms with van der Waals surface area (Å²) in [5.74, 6) is 0.421. The second-order valence-electron chi connectivity index (χ2n) is 8.26. The Morgan fingerprint density at radius 3 is 1.84 bits per heavy atom. The van der Waals surface area contributed by atoms with Gasteiger partial charge >= 0.3 is 6.11 Å². The standard InChI is InChI=1S/C19H29ClF4O/c20-18-16(21)10-15(11-17(18)22)25-19(23,24)14-8-6-13(7-9-14)12-4-2-1-3-5-12/h12-18H,1-11H2. The molecule has 3 saturated carbocycles. The second kappa shape index (κ2) is 8.33. The summed E-state index contributed by atoms with van der Waals surface area (Å²) in [5.41, 5.74) is 0. The quantitative estimate of drug-likeness (QED) is 0.401. The summed E-state index contributed by atoms with van der Waals surface area (Å²) in [6, 6.07) is 0. The summed E-state index contributed by atoms with van der Waals surface area (Å²) in [7, 11) is 0. The SMILES string of the molecule is FC1CC(OC(F)(F)C2CCC(C3CCCCC3)CC2)CC(F)C1Cl. The molecule has 0 spiro atoms. The lowest BCUT2D eigenvalue weighted by atomic mass is 9.71. The summed E-state index contributed by atoms with van der Waals surface area (Å²) in [6.45, 7) is 0. The summed E-state index contributed by atoms with van der Waals surface area (Å²) in [4.78, 5) is 0. The van der Waals surface area contributed by atoms with Crippen molar-refractivity contribution in [3.05, 3.63) is 0 Å². The fraction of sp³-hybridized carbons (Fsp3) is 1.00. The minimum Gasteiger partial charge on any atom is -0.317 e. The van der Waals surface area contributed by atoms with Crippen LogP contribution in [0.15, 0.2) is 0 Å². The Kier molecular flexibility index (Phi) is 6.57. The molecule has 25 heavy (non-hydrogen) atoms. The smallest absolute Gasteiger partial charge is 0.317 e. The van der Waals surface area contributed by atoms with Crippen LogP contribution >= 0.6 is 11.6 Å². The Balaban J connectivity index is 1.49. The Labute approximate surface area is 152 Å². The van der Waals surface area contributed by atoms with Gasteiger partial charge in [-0.15, -0.1) is 11.6 Å². The first-order chi connectivity index (χ1) is 11.9. The predicted molar refractivity (Wildman–Crippen MR) is 90.5 cm³/mol. The molecule has 0 heterocycles. The highest BCUT2D eigenvalue weighted by molar-refractivity contribution is 6.21. The molecule has 3 rings (SSSR count). The summed E-state index contributed by atoms with van der Waals surface area (Å²) < 4.78 is 61.3. The van der Waals surface area contributed by atoms with Crippen LogP contribution in [-0.4, -0.2) is 29.9 Å². The van der Waals surface area contributed by atoms with Crippen LogP contribution < -0.4 is 0 Å². The van der Waals surface area contributed by atoms with Gasteiger partial charge in [0.1, 0.15) is 12.3 Å². The van der Waals surface area contributed by atoms with Crippen LogP contribution in [0.2, 0.25) is 0 Å². The van der Waals surface area contributed by atoms with E-state index in [1.807, 2.05) is 0 Å². The first kappa shape index (κ1) is 19.7. The van der Waals surface area contributed by atoms with Crippen LogP contribution in [0.4, 0.5) is 17.6 Å². The van der Waals surface area contributed by atoms with Crippen molar-refractivity contribution in [3.8, 4) is 0 Å². The van der Waals surface area contributed by atoms with Gasteiger partial charge in [0.2, 0.25) is 0 Å². The van der Waals surface area contributed by atoms with Gasteiger partial charge < -0.3 is 4.74 Å². The van der Waals surface area contributed by atoms with Crippen molar-refractivity contribution in [1.29, 1.82) is 0 Å². The number of rotatable bonds is 4. The van der Waals surface area contributed by atoms with E-state index < -0.39 is 35.9 Å². The van der Waals surface area contributed by atoms with Gasteiger partial charge in [-0.2, -0.15) is 8.78 Å². The topological polar surface area (TPSA) is 9.23 Å². The maximum absolute atomic E-state index is 14.5. The van der Waals surface area contributed by atoms with E-state index in [-0.39, 0.29) is 12.8 Å². The molecule has 0 amide bonds. The van der Waals surface area contributed by atoms with Crippen molar-refractivity contribution in [2.24, 2.45) is 17.8 Å². The van der Waals surface area contributed by atoms with Gasteiger partial charge in [0.05, 0.1) is 17.4 Å². The maximum atomic E-state index is 14.5. The largest absolute Gasteiger partial charge is 0.358 e. The molecule has 3 aliphatic carbocycles.